The molecule has 0 amide bonds. The van der Waals surface area contributed by atoms with E-state index in [1.807, 2.05) is 0 Å². The van der Waals surface area contributed by atoms with Gasteiger partial charge in [-0.1, -0.05) is 168 Å². The maximum Gasteiger partial charge on any atom is 0.0542 e. The maximum absolute atomic E-state index is 2.46. The van der Waals surface area contributed by atoms with Gasteiger partial charge in [-0.05, 0) is 209 Å². The molecule has 0 bridgehead atoms. The van der Waals surface area contributed by atoms with Crippen LogP contribution in [0.5, 0.6) is 0 Å². The monoisotopic (exact) mass is 1180 g/mol. The van der Waals surface area contributed by atoms with E-state index in [-0.39, 0.29) is 0 Å². The lowest BCUT2D eigenvalue weighted by Gasteiger charge is -2.26. The summed E-state index contributed by atoms with van der Waals surface area (Å²) in [6, 6.07) is 116. The van der Waals surface area contributed by atoms with Crippen molar-refractivity contribution in [3.8, 4) is 45.3 Å². The van der Waals surface area contributed by atoms with E-state index < -0.39 is 0 Å². The van der Waals surface area contributed by atoms with Crippen molar-refractivity contribution in [3.05, 3.63) is 338 Å². The standard InChI is InChI=1S/C86H64N6/c1-57-23-31-61(32-24-57)83-51-63-53-86-64(54-85(63)91(83)71-43-39-69(40-44-71)87(67-35-27-59(3)28-36-67)73-47-49-81-77(55-73)75-19-11-13-21-79(75)89(81)65-15-7-5-8-16-65)52-84(62-33-25-58(2)26-34-62)92(86)72-45-41-70(42-46-72)88(68-37-29-60(4)30-38-68)74-48-50-82-78(56-74)76-20-12-14-22-80(76)90(82)66-17-9-6-10-18-66/h5-56H,1-4H3. The van der Waals surface area contributed by atoms with Gasteiger partial charge in [-0.2, -0.15) is 0 Å². The summed E-state index contributed by atoms with van der Waals surface area (Å²) in [4.78, 5) is 4.78. The Balaban J connectivity index is 0.795. The van der Waals surface area contributed by atoms with E-state index in [0.29, 0.717) is 0 Å². The van der Waals surface area contributed by atoms with Crippen LogP contribution in [-0.2, 0) is 0 Å². The first-order valence-electron chi connectivity index (χ1n) is 31.7. The average molecular weight is 1180 g/mol. The fraction of sp³-hybridized carbons (Fsp3) is 0.0465. The Morgan fingerprint density at radius 1 is 0.207 bits per heavy atom. The summed E-state index contributed by atoms with van der Waals surface area (Å²) in [5.41, 5.74) is 27.4. The van der Waals surface area contributed by atoms with Gasteiger partial charge in [0.05, 0.1) is 44.5 Å². The fourth-order valence-electron chi connectivity index (χ4n) is 14.0. The molecule has 17 rings (SSSR count). The Hall–Kier alpha value is -11.9. The molecule has 0 unspecified atom stereocenters. The lowest BCUT2D eigenvalue weighted by molar-refractivity contribution is 1.13. The molecule has 0 aliphatic rings. The molecule has 438 valence electrons. The van der Waals surface area contributed by atoms with Gasteiger partial charge in [0.1, 0.15) is 0 Å². The highest BCUT2D eigenvalue weighted by molar-refractivity contribution is 6.12. The van der Waals surface area contributed by atoms with Crippen LogP contribution in [0.15, 0.2) is 315 Å². The Morgan fingerprint density at radius 3 is 0.870 bits per heavy atom. The molecule has 0 aliphatic carbocycles. The molecular formula is C86H64N6. The van der Waals surface area contributed by atoms with Gasteiger partial charge in [0.25, 0.3) is 0 Å². The minimum atomic E-state index is 1.07. The lowest BCUT2D eigenvalue weighted by Crippen LogP contribution is -2.10. The van der Waals surface area contributed by atoms with Crippen molar-refractivity contribution in [3.63, 3.8) is 0 Å². The van der Waals surface area contributed by atoms with E-state index in [4.69, 9.17) is 0 Å². The second kappa shape index (κ2) is 22.0. The van der Waals surface area contributed by atoms with Gasteiger partial charge < -0.3 is 28.1 Å². The highest BCUT2D eigenvalue weighted by Gasteiger charge is 2.23. The van der Waals surface area contributed by atoms with E-state index in [1.54, 1.807) is 0 Å². The zero-order valence-electron chi connectivity index (χ0n) is 51.7. The molecule has 0 atom stereocenters. The number of hydrogen-bond donors (Lipinski definition) is 0. The normalized spacial score (nSPS) is 11.7. The van der Waals surface area contributed by atoms with Crippen LogP contribution < -0.4 is 9.80 Å². The molecule has 0 saturated heterocycles. The largest absolute Gasteiger partial charge is 0.310 e. The smallest absolute Gasteiger partial charge is 0.0542 e. The van der Waals surface area contributed by atoms with Crippen molar-refractivity contribution >= 4 is 99.5 Å². The van der Waals surface area contributed by atoms with Crippen molar-refractivity contribution < 1.29 is 0 Å². The highest BCUT2D eigenvalue weighted by Crippen LogP contribution is 2.45. The summed E-state index contributed by atoms with van der Waals surface area (Å²) in [5, 5.41) is 7.17. The predicted octanol–water partition coefficient (Wildman–Crippen LogP) is 23.3. The Morgan fingerprint density at radius 2 is 0.500 bits per heavy atom. The zero-order chi connectivity index (χ0) is 61.6. The molecule has 13 aromatic carbocycles. The van der Waals surface area contributed by atoms with Crippen molar-refractivity contribution in [2.75, 3.05) is 9.80 Å². The third-order valence-electron chi connectivity index (χ3n) is 18.6. The van der Waals surface area contributed by atoms with E-state index >= 15 is 0 Å². The van der Waals surface area contributed by atoms with Crippen LogP contribution in [-0.4, -0.2) is 18.3 Å². The van der Waals surface area contributed by atoms with E-state index in [2.05, 4.69) is 371 Å². The minimum absolute atomic E-state index is 1.07. The topological polar surface area (TPSA) is 26.2 Å². The first-order valence-corrected chi connectivity index (χ1v) is 31.7. The molecule has 17 aromatic rings. The number of rotatable bonds is 12. The highest BCUT2D eigenvalue weighted by atomic mass is 15.2. The summed E-state index contributed by atoms with van der Waals surface area (Å²) in [6.45, 7) is 8.62. The van der Waals surface area contributed by atoms with Crippen LogP contribution in [0, 0.1) is 27.7 Å². The second-order valence-corrected chi connectivity index (χ2v) is 24.6. The van der Waals surface area contributed by atoms with Crippen LogP contribution >= 0.6 is 0 Å². The molecular weight excluding hydrogens is 1120 g/mol. The molecule has 92 heavy (non-hydrogen) atoms. The molecule has 0 spiro atoms. The predicted molar refractivity (Wildman–Crippen MR) is 388 cm³/mol. The number of fused-ring (bicyclic) bond motifs is 8. The van der Waals surface area contributed by atoms with Crippen LogP contribution in [0.2, 0.25) is 0 Å². The number of anilines is 6. The minimum Gasteiger partial charge on any atom is -0.310 e. The first kappa shape index (κ1) is 54.3. The van der Waals surface area contributed by atoms with Crippen LogP contribution in [0.4, 0.5) is 34.1 Å². The number of benzene rings is 13. The molecule has 6 nitrogen and oxygen atoms in total. The van der Waals surface area contributed by atoms with Gasteiger partial charge >= 0.3 is 0 Å². The van der Waals surface area contributed by atoms with Gasteiger partial charge in [-0.15, -0.1) is 0 Å². The van der Waals surface area contributed by atoms with Crippen molar-refractivity contribution in [2.45, 2.75) is 27.7 Å². The zero-order valence-corrected chi connectivity index (χ0v) is 51.7. The number of aryl methyl sites for hydroxylation is 4. The Bertz CT molecular complexity index is 5260. The molecule has 0 fully saturated rings. The van der Waals surface area contributed by atoms with Crippen molar-refractivity contribution in [2.24, 2.45) is 0 Å². The summed E-state index contributed by atoms with van der Waals surface area (Å²) in [6.07, 6.45) is 0. The molecule has 0 aliphatic heterocycles. The summed E-state index contributed by atoms with van der Waals surface area (Å²) in [7, 11) is 0. The van der Waals surface area contributed by atoms with Gasteiger partial charge in [-0.25, -0.2) is 0 Å². The summed E-state index contributed by atoms with van der Waals surface area (Å²) < 4.78 is 9.67. The number of aromatic nitrogens is 4. The summed E-state index contributed by atoms with van der Waals surface area (Å²) in [5.74, 6) is 0. The molecule has 6 heteroatoms. The van der Waals surface area contributed by atoms with Gasteiger partial charge in [-0.3, -0.25) is 0 Å². The van der Waals surface area contributed by atoms with E-state index in [0.717, 1.165) is 101 Å². The van der Waals surface area contributed by atoms with Crippen molar-refractivity contribution in [1.29, 1.82) is 0 Å². The molecule has 0 radical (unpaired) electrons. The maximum atomic E-state index is 2.46. The van der Waals surface area contributed by atoms with Crippen LogP contribution in [0.25, 0.3) is 111 Å². The molecule has 4 heterocycles. The molecule has 4 aromatic heterocycles. The van der Waals surface area contributed by atoms with Gasteiger partial charge in [0.2, 0.25) is 0 Å². The fourth-order valence-corrected chi connectivity index (χ4v) is 14.0. The first-order chi connectivity index (χ1) is 45.2. The van der Waals surface area contributed by atoms with Gasteiger partial charge in [0.15, 0.2) is 0 Å². The Labute approximate surface area is 535 Å². The van der Waals surface area contributed by atoms with E-state index in [1.165, 1.54) is 65.9 Å². The SMILES string of the molecule is Cc1ccc(-c2cc3cc4c(cc(-c5ccc(C)cc5)n4-c4ccc(N(c5ccc(C)cc5)c5ccc6c(c5)c5ccccc5n6-c5ccccc5)cc4)cc3n2-c2ccc(N(c3ccc(C)cc3)c3ccc4c(c3)c3ccccc3n4-c3ccccc3)cc2)cc1. The number of hydrogen-bond acceptors (Lipinski definition) is 2. The summed E-state index contributed by atoms with van der Waals surface area (Å²) >= 11 is 0. The Kier molecular flexibility index (Phi) is 13.0. The van der Waals surface area contributed by atoms with Crippen molar-refractivity contribution in [1.82, 2.24) is 18.3 Å². The lowest BCUT2D eigenvalue weighted by atomic mass is 10.1. The molecule has 0 N–H and O–H groups in total. The van der Waals surface area contributed by atoms with E-state index in [9.17, 15) is 0 Å². The van der Waals surface area contributed by atoms with Crippen LogP contribution in [0.1, 0.15) is 22.3 Å². The third kappa shape index (κ3) is 9.26. The third-order valence-corrected chi connectivity index (χ3v) is 18.6. The van der Waals surface area contributed by atoms with Crippen LogP contribution in [0.3, 0.4) is 0 Å². The molecule has 0 saturated carbocycles. The van der Waals surface area contributed by atoms with Gasteiger partial charge in [0, 0.05) is 89.2 Å². The second-order valence-electron chi connectivity index (χ2n) is 24.6. The number of para-hydroxylation sites is 4. The number of nitrogens with zero attached hydrogens (tertiary/aromatic N) is 6. The average Bonchev–Trinajstić information content (AvgIpc) is 1.68. The quantitative estimate of drug-likeness (QED) is 0.122.